The Bertz CT molecular complexity index is 753. The van der Waals surface area contributed by atoms with Crippen molar-refractivity contribution in [3.05, 3.63) is 77.3 Å². The Labute approximate surface area is 131 Å². The van der Waals surface area contributed by atoms with E-state index in [0.717, 1.165) is 33.0 Å². The predicted molar refractivity (Wildman–Crippen MR) is 88.9 cm³/mol. The fraction of sp³-hybridized carbons (Fsp3) is 0. The molecule has 0 fully saturated rings. The first-order chi connectivity index (χ1) is 10.3. The number of hydrogen-bond acceptors (Lipinski definition) is 2. The largest absolute Gasteiger partial charge is 0.453 e. The molecule has 102 valence electrons. The quantitative estimate of drug-likeness (QED) is 0.420. The van der Waals surface area contributed by atoms with E-state index in [1.165, 1.54) is 0 Å². The normalized spacial score (nSPS) is 12.3. The van der Waals surface area contributed by atoms with Gasteiger partial charge in [0.05, 0.1) is 11.4 Å². The van der Waals surface area contributed by atoms with E-state index in [0.29, 0.717) is 0 Å². The molecule has 4 rings (SSSR count). The first-order valence-corrected chi connectivity index (χ1v) is 7.54. The molecule has 0 saturated heterocycles. The van der Waals surface area contributed by atoms with Gasteiger partial charge in [-0.25, -0.2) is 0 Å². The van der Waals surface area contributed by atoms with E-state index in [2.05, 4.69) is 57.2 Å². The molecule has 1 aliphatic rings. The topological polar surface area (TPSA) is 12.5 Å². The van der Waals surface area contributed by atoms with Crippen LogP contribution in [0.15, 0.2) is 77.3 Å². The molecule has 3 aromatic carbocycles. The molecule has 0 aliphatic carbocycles. The molecule has 0 N–H and O–H groups in total. The van der Waals surface area contributed by atoms with Crippen LogP contribution in [0.1, 0.15) is 0 Å². The molecule has 0 unspecified atom stereocenters. The second-order valence-electron chi connectivity index (χ2n) is 4.85. The first-order valence-electron chi connectivity index (χ1n) is 6.74. The van der Waals surface area contributed by atoms with Gasteiger partial charge in [-0.15, -0.1) is 0 Å². The van der Waals surface area contributed by atoms with Crippen LogP contribution in [-0.4, -0.2) is 0 Å². The standard InChI is InChI=1S/C18H12BrNO/c19-13-9-11-14(12-10-13)20-15-5-1-3-7-17(15)21-18-8-4-2-6-16(18)20/h1-12H. The van der Waals surface area contributed by atoms with Crippen molar-refractivity contribution in [3.63, 3.8) is 0 Å². The molecule has 0 atom stereocenters. The van der Waals surface area contributed by atoms with Crippen LogP contribution >= 0.6 is 15.9 Å². The summed E-state index contributed by atoms with van der Waals surface area (Å²) in [6.45, 7) is 0. The van der Waals surface area contributed by atoms with Gasteiger partial charge in [0.25, 0.3) is 0 Å². The zero-order chi connectivity index (χ0) is 14.2. The molecule has 0 amide bonds. The van der Waals surface area contributed by atoms with Crippen LogP contribution in [0.2, 0.25) is 0 Å². The van der Waals surface area contributed by atoms with Crippen molar-refractivity contribution in [3.8, 4) is 11.5 Å². The zero-order valence-electron chi connectivity index (χ0n) is 11.2. The Hall–Kier alpha value is -2.26. The monoisotopic (exact) mass is 337 g/mol. The van der Waals surface area contributed by atoms with Gasteiger partial charge >= 0.3 is 0 Å². The Kier molecular flexibility index (Phi) is 2.93. The van der Waals surface area contributed by atoms with Crippen LogP contribution in [0.3, 0.4) is 0 Å². The van der Waals surface area contributed by atoms with Crippen molar-refractivity contribution in [2.24, 2.45) is 0 Å². The van der Waals surface area contributed by atoms with E-state index in [1.807, 2.05) is 36.4 Å². The van der Waals surface area contributed by atoms with Gasteiger partial charge in [-0.2, -0.15) is 0 Å². The number of anilines is 3. The molecule has 0 radical (unpaired) electrons. The Morgan fingerprint density at radius 2 is 1.19 bits per heavy atom. The number of para-hydroxylation sites is 4. The van der Waals surface area contributed by atoms with Crippen LogP contribution in [0.5, 0.6) is 11.5 Å². The van der Waals surface area contributed by atoms with Crippen LogP contribution < -0.4 is 9.64 Å². The third kappa shape index (κ3) is 2.10. The van der Waals surface area contributed by atoms with E-state index in [-0.39, 0.29) is 0 Å². The van der Waals surface area contributed by atoms with Crippen molar-refractivity contribution >= 4 is 33.0 Å². The second-order valence-corrected chi connectivity index (χ2v) is 5.77. The summed E-state index contributed by atoms with van der Waals surface area (Å²) in [6, 6.07) is 24.5. The lowest BCUT2D eigenvalue weighted by atomic mass is 10.1. The summed E-state index contributed by atoms with van der Waals surface area (Å²) >= 11 is 3.49. The third-order valence-corrected chi connectivity index (χ3v) is 4.05. The minimum Gasteiger partial charge on any atom is -0.453 e. The Balaban J connectivity index is 1.95. The van der Waals surface area contributed by atoms with E-state index in [1.54, 1.807) is 0 Å². The second kappa shape index (κ2) is 4.93. The summed E-state index contributed by atoms with van der Waals surface area (Å²) in [7, 11) is 0. The maximum atomic E-state index is 6.00. The summed E-state index contributed by atoms with van der Waals surface area (Å²) in [6.07, 6.45) is 0. The van der Waals surface area contributed by atoms with Gasteiger partial charge in [0.2, 0.25) is 0 Å². The maximum absolute atomic E-state index is 6.00. The van der Waals surface area contributed by atoms with E-state index in [9.17, 15) is 0 Å². The van der Waals surface area contributed by atoms with Gasteiger partial charge in [-0.3, -0.25) is 0 Å². The maximum Gasteiger partial charge on any atom is 0.151 e. The SMILES string of the molecule is Brc1ccc(N2c3ccccc3Oc3ccccc32)cc1. The van der Waals surface area contributed by atoms with Crippen molar-refractivity contribution < 1.29 is 4.74 Å². The average Bonchev–Trinajstić information content (AvgIpc) is 2.53. The number of nitrogens with zero attached hydrogens (tertiary/aromatic N) is 1. The van der Waals surface area contributed by atoms with Gasteiger partial charge in [0.1, 0.15) is 0 Å². The summed E-state index contributed by atoms with van der Waals surface area (Å²) in [5, 5.41) is 0. The minimum atomic E-state index is 0.874. The molecular formula is C18H12BrNO. The van der Waals surface area contributed by atoms with Crippen molar-refractivity contribution in [2.45, 2.75) is 0 Å². The van der Waals surface area contributed by atoms with Crippen molar-refractivity contribution in [2.75, 3.05) is 4.90 Å². The fourth-order valence-electron chi connectivity index (χ4n) is 2.57. The summed E-state index contributed by atoms with van der Waals surface area (Å²) < 4.78 is 7.07. The highest BCUT2D eigenvalue weighted by Crippen LogP contribution is 2.49. The highest BCUT2D eigenvalue weighted by atomic mass is 79.9. The molecule has 21 heavy (non-hydrogen) atoms. The lowest BCUT2D eigenvalue weighted by molar-refractivity contribution is 0.477. The molecule has 1 aliphatic heterocycles. The van der Waals surface area contributed by atoms with Gasteiger partial charge in [-0.05, 0) is 48.5 Å². The van der Waals surface area contributed by atoms with Crippen LogP contribution in [0.4, 0.5) is 17.1 Å². The Morgan fingerprint density at radius 1 is 0.667 bits per heavy atom. The summed E-state index contributed by atoms with van der Waals surface area (Å²) in [5.41, 5.74) is 3.22. The molecule has 0 spiro atoms. The fourth-order valence-corrected chi connectivity index (χ4v) is 2.84. The summed E-state index contributed by atoms with van der Waals surface area (Å²) in [4.78, 5) is 2.22. The molecule has 3 aromatic rings. The number of rotatable bonds is 1. The lowest BCUT2D eigenvalue weighted by Gasteiger charge is -2.32. The highest BCUT2D eigenvalue weighted by molar-refractivity contribution is 9.10. The summed E-state index contributed by atoms with van der Waals surface area (Å²) in [5.74, 6) is 1.75. The van der Waals surface area contributed by atoms with E-state index < -0.39 is 0 Å². The molecular weight excluding hydrogens is 326 g/mol. The molecule has 3 heteroatoms. The van der Waals surface area contributed by atoms with Crippen LogP contribution in [0, 0.1) is 0 Å². The first kappa shape index (κ1) is 12.5. The number of halogens is 1. The van der Waals surface area contributed by atoms with Crippen molar-refractivity contribution in [1.29, 1.82) is 0 Å². The number of ether oxygens (including phenoxy) is 1. The molecule has 2 nitrogen and oxygen atoms in total. The van der Waals surface area contributed by atoms with Gasteiger partial charge in [-0.1, -0.05) is 40.2 Å². The van der Waals surface area contributed by atoms with E-state index >= 15 is 0 Å². The average molecular weight is 338 g/mol. The van der Waals surface area contributed by atoms with Gasteiger partial charge < -0.3 is 9.64 Å². The van der Waals surface area contributed by atoms with Crippen LogP contribution in [-0.2, 0) is 0 Å². The molecule has 0 saturated carbocycles. The molecule has 1 heterocycles. The number of hydrogen-bond donors (Lipinski definition) is 0. The highest BCUT2D eigenvalue weighted by Gasteiger charge is 2.24. The molecule has 0 bridgehead atoms. The third-order valence-electron chi connectivity index (χ3n) is 3.52. The predicted octanol–water partition coefficient (Wildman–Crippen LogP) is 6.02. The minimum absolute atomic E-state index is 0.874. The molecule has 0 aromatic heterocycles. The van der Waals surface area contributed by atoms with Gasteiger partial charge in [0.15, 0.2) is 11.5 Å². The van der Waals surface area contributed by atoms with E-state index in [4.69, 9.17) is 4.74 Å². The van der Waals surface area contributed by atoms with Crippen molar-refractivity contribution in [1.82, 2.24) is 0 Å². The zero-order valence-corrected chi connectivity index (χ0v) is 12.7. The smallest absolute Gasteiger partial charge is 0.151 e. The Morgan fingerprint density at radius 3 is 1.76 bits per heavy atom. The van der Waals surface area contributed by atoms with Crippen LogP contribution in [0.25, 0.3) is 0 Å². The van der Waals surface area contributed by atoms with Gasteiger partial charge in [0, 0.05) is 10.2 Å². The number of benzene rings is 3. The number of fused-ring (bicyclic) bond motifs is 2. The lowest BCUT2D eigenvalue weighted by Crippen LogP contribution is -2.15.